The summed E-state index contributed by atoms with van der Waals surface area (Å²) in [5.41, 5.74) is 2.49. The van der Waals surface area contributed by atoms with E-state index in [-0.39, 0.29) is 5.91 Å². The molecular formula is C20H16ClN3O2S. The number of hydrogen-bond donors (Lipinski definition) is 1. The highest BCUT2D eigenvalue weighted by molar-refractivity contribution is 7.15. The molecule has 4 rings (SSSR count). The molecule has 1 amide bonds. The van der Waals surface area contributed by atoms with E-state index in [1.165, 1.54) is 0 Å². The van der Waals surface area contributed by atoms with Crippen molar-refractivity contribution in [2.75, 3.05) is 5.32 Å². The topological polar surface area (TPSA) is 55.6 Å². The van der Waals surface area contributed by atoms with Gasteiger partial charge in [0.05, 0.1) is 5.69 Å². The van der Waals surface area contributed by atoms with Crippen LogP contribution in [0.5, 0.6) is 5.75 Å². The molecule has 0 fully saturated rings. The third kappa shape index (κ3) is 3.97. The Labute approximate surface area is 165 Å². The van der Waals surface area contributed by atoms with Gasteiger partial charge < -0.3 is 10.1 Å². The Hall–Kier alpha value is -2.83. The molecule has 27 heavy (non-hydrogen) atoms. The Morgan fingerprint density at radius 2 is 2.11 bits per heavy atom. The fourth-order valence-corrected chi connectivity index (χ4v) is 3.54. The van der Waals surface area contributed by atoms with Crippen LogP contribution in [0.3, 0.4) is 0 Å². The zero-order valence-electron chi connectivity index (χ0n) is 14.4. The molecule has 2 aromatic heterocycles. The SMILES string of the molecule is CC(Oc1cccc(Cl)c1)C(=O)Nc1cccc(-c2cn3ccsc3n2)c1. The lowest BCUT2D eigenvalue weighted by Crippen LogP contribution is -2.30. The van der Waals surface area contributed by atoms with Crippen LogP contribution in [0.15, 0.2) is 66.3 Å². The van der Waals surface area contributed by atoms with Gasteiger partial charge >= 0.3 is 0 Å². The second-order valence-corrected chi connectivity index (χ2v) is 7.32. The molecule has 0 spiro atoms. The molecular weight excluding hydrogens is 382 g/mol. The van der Waals surface area contributed by atoms with Crippen LogP contribution in [0.25, 0.3) is 16.2 Å². The van der Waals surface area contributed by atoms with Crippen LogP contribution in [0.4, 0.5) is 5.69 Å². The second-order valence-electron chi connectivity index (χ2n) is 6.01. The number of nitrogens with one attached hydrogen (secondary N) is 1. The number of aromatic nitrogens is 2. The number of imidazole rings is 1. The summed E-state index contributed by atoms with van der Waals surface area (Å²) in [6.45, 7) is 1.70. The van der Waals surface area contributed by atoms with Gasteiger partial charge in [0.15, 0.2) is 11.1 Å². The molecule has 4 aromatic rings. The molecule has 0 aliphatic heterocycles. The van der Waals surface area contributed by atoms with Gasteiger partial charge in [-0.2, -0.15) is 0 Å². The van der Waals surface area contributed by atoms with Crippen LogP contribution in [0, 0.1) is 0 Å². The molecule has 1 N–H and O–H groups in total. The normalized spacial score (nSPS) is 12.1. The van der Waals surface area contributed by atoms with Gasteiger partial charge in [0.1, 0.15) is 5.75 Å². The van der Waals surface area contributed by atoms with E-state index in [0.717, 1.165) is 16.2 Å². The third-order valence-corrected chi connectivity index (χ3v) is 5.00. The summed E-state index contributed by atoms with van der Waals surface area (Å²) in [5, 5.41) is 5.44. The average molecular weight is 398 g/mol. The minimum atomic E-state index is -0.662. The number of ether oxygens (including phenoxy) is 1. The van der Waals surface area contributed by atoms with Gasteiger partial charge in [-0.05, 0) is 37.3 Å². The summed E-state index contributed by atoms with van der Waals surface area (Å²) in [6, 6.07) is 14.6. The van der Waals surface area contributed by atoms with E-state index >= 15 is 0 Å². The maximum Gasteiger partial charge on any atom is 0.265 e. The van der Waals surface area contributed by atoms with Crippen LogP contribution < -0.4 is 10.1 Å². The fraction of sp³-hybridized carbons (Fsp3) is 0.100. The van der Waals surface area contributed by atoms with Gasteiger partial charge in [0, 0.05) is 34.0 Å². The van der Waals surface area contributed by atoms with Crippen molar-refractivity contribution in [1.29, 1.82) is 0 Å². The van der Waals surface area contributed by atoms with E-state index in [1.807, 2.05) is 46.4 Å². The monoisotopic (exact) mass is 397 g/mol. The maximum atomic E-state index is 12.5. The number of thiazole rings is 1. The molecule has 1 atom stereocenters. The molecule has 1 unspecified atom stereocenters. The molecule has 2 heterocycles. The standard InChI is InChI=1S/C20H16ClN3O2S/c1-13(26-17-7-3-5-15(21)11-17)19(25)22-16-6-2-4-14(10-16)18-12-24-8-9-27-20(24)23-18/h2-13H,1H3,(H,22,25). The van der Waals surface area contributed by atoms with Gasteiger partial charge in [-0.15, -0.1) is 11.3 Å². The third-order valence-electron chi connectivity index (χ3n) is 4.00. The van der Waals surface area contributed by atoms with Crippen LogP contribution in [-0.4, -0.2) is 21.4 Å². The largest absolute Gasteiger partial charge is 0.481 e. The van der Waals surface area contributed by atoms with Crippen molar-refractivity contribution in [1.82, 2.24) is 9.38 Å². The predicted molar refractivity (Wildman–Crippen MR) is 109 cm³/mol. The summed E-state index contributed by atoms with van der Waals surface area (Å²) in [7, 11) is 0. The Morgan fingerprint density at radius 3 is 2.93 bits per heavy atom. The minimum absolute atomic E-state index is 0.238. The summed E-state index contributed by atoms with van der Waals surface area (Å²) in [5.74, 6) is 0.315. The molecule has 0 aliphatic rings. The Morgan fingerprint density at radius 1 is 1.26 bits per heavy atom. The number of fused-ring (bicyclic) bond motifs is 1. The Bertz CT molecular complexity index is 1080. The van der Waals surface area contributed by atoms with Crippen LogP contribution in [0.1, 0.15) is 6.92 Å². The van der Waals surface area contributed by atoms with Crippen molar-refractivity contribution in [3.05, 3.63) is 71.3 Å². The number of carbonyl (C=O) groups excluding carboxylic acids is 1. The van der Waals surface area contributed by atoms with E-state index in [1.54, 1.807) is 42.5 Å². The molecule has 0 saturated carbocycles. The van der Waals surface area contributed by atoms with E-state index in [4.69, 9.17) is 16.3 Å². The number of nitrogens with zero attached hydrogens (tertiary/aromatic N) is 2. The highest BCUT2D eigenvalue weighted by Gasteiger charge is 2.15. The zero-order chi connectivity index (χ0) is 18.8. The maximum absolute atomic E-state index is 12.5. The second kappa shape index (κ2) is 7.42. The first kappa shape index (κ1) is 17.6. The minimum Gasteiger partial charge on any atom is -0.481 e. The smallest absolute Gasteiger partial charge is 0.265 e. The number of anilines is 1. The van der Waals surface area contributed by atoms with Crippen molar-refractivity contribution in [2.24, 2.45) is 0 Å². The van der Waals surface area contributed by atoms with E-state index in [2.05, 4.69) is 10.3 Å². The van der Waals surface area contributed by atoms with Crippen LogP contribution in [0.2, 0.25) is 5.02 Å². The van der Waals surface area contributed by atoms with Gasteiger partial charge in [0.25, 0.3) is 5.91 Å². The summed E-state index contributed by atoms with van der Waals surface area (Å²) in [6.07, 6.45) is 3.28. The molecule has 0 radical (unpaired) electrons. The Balaban J connectivity index is 1.47. The molecule has 0 aliphatic carbocycles. The van der Waals surface area contributed by atoms with Gasteiger partial charge in [-0.25, -0.2) is 4.98 Å². The average Bonchev–Trinajstić information content (AvgIpc) is 3.24. The zero-order valence-corrected chi connectivity index (χ0v) is 16.0. The molecule has 7 heteroatoms. The molecule has 136 valence electrons. The quantitative estimate of drug-likeness (QED) is 0.508. The van der Waals surface area contributed by atoms with Gasteiger partial charge in [-0.1, -0.05) is 29.8 Å². The van der Waals surface area contributed by atoms with E-state index in [9.17, 15) is 4.79 Å². The van der Waals surface area contributed by atoms with Crippen molar-refractivity contribution in [3.63, 3.8) is 0 Å². The van der Waals surface area contributed by atoms with Gasteiger partial charge in [0.2, 0.25) is 0 Å². The lowest BCUT2D eigenvalue weighted by atomic mass is 10.1. The lowest BCUT2D eigenvalue weighted by Gasteiger charge is -2.15. The number of rotatable bonds is 5. The molecule has 0 bridgehead atoms. The Kier molecular flexibility index (Phi) is 4.83. The van der Waals surface area contributed by atoms with Crippen molar-refractivity contribution in [3.8, 4) is 17.0 Å². The van der Waals surface area contributed by atoms with Crippen LogP contribution in [-0.2, 0) is 4.79 Å². The van der Waals surface area contributed by atoms with E-state index < -0.39 is 6.10 Å². The molecule has 0 saturated heterocycles. The highest BCUT2D eigenvalue weighted by Crippen LogP contribution is 2.24. The fourth-order valence-electron chi connectivity index (χ4n) is 2.66. The van der Waals surface area contributed by atoms with E-state index in [0.29, 0.717) is 16.5 Å². The molecule has 2 aromatic carbocycles. The van der Waals surface area contributed by atoms with Crippen LogP contribution >= 0.6 is 22.9 Å². The van der Waals surface area contributed by atoms with Crippen molar-refractivity contribution in [2.45, 2.75) is 13.0 Å². The first-order chi connectivity index (χ1) is 13.1. The number of benzene rings is 2. The number of carbonyl (C=O) groups is 1. The number of hydrogen-bond acceptors (Lipinski definition) is 4. The number of halogens is 1. The summed E-state index contributed by atoms with van der Waals surface area (Å²) >= 11 is 7.53. The molecule has 5 nitrogen and oxygen atoms in total. The highest BCUT2D eigenvalue weighted by atomic mass is 35.5. The van der Waals surface area contributed by atoms with Crippen molar-refractivity contribution >= 4 is 39.5 Å². The number of amides is 1. The summed E-state index contributed by atoms with van der Waals surface area (Å²) in [4.78, 5) is 18.0. The first-order valence-corrected chi connectivity index (χ1v) is 9.60. The lowest BCUT2D eigenvalue weighted by molar-refractivity contribution is -0.122. The van der Waals surface area contributed by atoms with Crippen molar-refractivity contribution < 1.29 is 9.53 Å². The predicted octanol–water partition coefficient (Wildman–Crippen LogP) is 5.12. The van der Waals surface area contributed by atoms with Gasteiger partial charge in [-0.3, -0.25) is 9.20 Å². The summed E-state index contributed by atoms with van der Waals surface area (Å²) < 4.78 is 7.64. The first-order valence-electron chi connectivity index (χ1n) is 8.34.